The van der Waals surface area contributed by atoms with E-state index in [2.05, 4.69) is 10.0 Å². The van der Waals surface area contributed by atoms with E-state index in [1.54, 1.807) is 0 Å². The summed E-state index contributed by atoms with van der Waals surface area (Å²) in [5.74, 6) is -1.66. The van der Waals surface area contributed by atoms with E-state index in [9.17, 15) is 28.1 Å². The molecule has 0 spiro atoms. The Labute approximate surface area is 204 Å². The van der Waals surface area contributed by atoms with Crippen LogP contribution in [0, 0.1) is 10.1 Å². The summed E-state index contributed by atoms with van der Waals surface area (Å²) in [6.45, 7) is -0.711. The van der Waals surface area contributed by atoms with Gasteiger partial charge < -0.3 is 14.8 Å². The molecule has 0 aliphatic rings. The number of benzene rings is 3. The minimum atomic E-state index is -4.03. The lowest BCUT2D eigenvalue weighted by Gasteiger charge is -2.13. The monoisotopic (exact) mass is 519 g/mol. The van der Waals surface area contributed by atoms with Crippen LogP contribution in [0.1, 0.15) is 10.4 Å². The Morgan fingerprint density at radius 1 is 1.03 bits per heavy atom. The van der Waals surface area contributed by atoms with Crippen molar-refractivity contribution in [2.75, 3.05) is 23.8 Å². The number of esters is 1. The summed E-state index contributed by atoms with van der Waals surface area (Å²) in [6, 6.07) is 14.7. The van der Waals surface area contributed by atoms with Gasteiger partial charge in [-0.15, -0.1) is 0 Å². The summed E-state index contributed by atoms with van der Waals surface area (Å²) >= 11 is 5.79. The zero-order valence-electron chi connectivity index (χ0n) is 18.1. The van der Waals surface area contributed by atoms with Crippen molar-refractivity contribution in [3.8, 4) is 5.75 Å². The van der Waals surface area contributed by atoms with Crippen molar-refractivity contribution in [1.29, 1.82) is 0 Å². The van der Waals surface area contributed by atoms with Crippen LogP contribution in [0.25, 0.3) is 0 Å². The number of nitro benzene ring substituents is 1. The maximum Gasteiger partial charge on any atom is 0.340 e. The number of hydrogen-bond donors (Lipinski definition) is 2. The molecule has 0 heterocycles. The van der Waals surface area contributed by atoms with Crippen molar-refractivity contribution in [3.05, 3.63) is 87.4 Å². The molecule has 1 amide bonds. The summed E-state index contributed by atoms with van der Waals surface area (Å²) in [7, 11) is -2.76. The lowest BCUT2D eigenvalue weighted by Crippen LogP contribution is -2.22. The number of nitro groups is 1. The number of halogens is 1. The fraction of sp³-hybridized carbons (Fsp3) is 0.0909. The standard InChI is InChI=1S/C22H18ClN3O8S/c1-33-20-12-15(26(29)30)8-11-19(20)24-21(27)13-34-22(28)17-4-2-3-5-18(17)25-35(31,32)16-9-6-14(23)7-10-16/h2-12,25H,13H2,1H3,(H,24,27). The summed E-state index contributed by atoms with van der Waals surface area (Å²) in [5, 5.41) is 13.7. The van der Waals surface area contributed by atoms with Crippen LogP contribution in [-0.2, 0) is 19.6 Å². The molecule has 35 heavy (non-hydrogen) atoms. The Balaban J connectivity index is 1.69. The van der Waals surface area contributed by atoms with E-state index < -0.39 is 33.4 Å². The number of nitrogens with one attached hydrogen (secondary N) is 2. The molecule has 0 saturated carbocycles. The average molecular weight is 520 g/mol. The predicted octanol–water partition coefficient (Wildman–Crippen LogP) is 3.85. The van der Waals surface area contributed by atoms with E-state index in [0.29, 0.717) is 5.02 Å². The van der Waals surface area contributed by atoms with E-state index in [0.717, 1.165) is 6.07 Å². The second-order valence-corrected chi connectivity index (χ2v) is 8.99. The first-order valence-corrected chi connectivity index (χ1v) is 11.6. The van der Waals surface area contributed by atoms with Crippen molar-refractivity contribution in [3.63, 3.8) is 0 Å². The number of anilines is 2. The Hall–Kier alpha value is -4.16. The molecule has 3 aromatic rings. The molecule has 0 fully saturated rings. The second kappa shape index (κ2) is 10.8. The molecule has 0 aliphatic heterocycles. The zero-order chi connectivity index (χ0) is 25.6. The van der Waals surface area contributed by atoms with Crippen LogP contribution in [0.4, 0.5) is 17.1 Å². The molecular formula is C22H18ClN3O8S. The first-order chi connectivity index (χ1) is 16.6. The number of para-hydroxylation sites is 1. The number of nitrogens with zero attached hydrogens (tertiary/aromatic N) is 1. The Morgan fingerprint density at radius 2 is 1.71 bits per heavy atom. The summed E-state index contributed by atoms with van der Waals surface area (Å²) in [4.78, 5) is 35.0. The summed E-state index contributed by atoms with van der Waals surface area (Å²) in [5.41, 5.74) is -0.269. The van der Waals surface area contributed by atoms with Crippen molar-refractivity contribution >= 4 is 50.6 Å². The smallest absolute Gasteiger partial charge is 0.340 e. The normalized spacial score (nSPS) is 10.8. The molecule has 0 bridgehead atoms. The molecule has 0 radical (unpaired) electrons. The van der Waals surface area contributed by atoms with E-state index >= 15 is 0 Å². The van der Waals surface area contributed by atoms with Crippen LogP contribution in [0.2, 0.25) is 5.02 Å². The number of hydrogen-bond acceptors (Lipinski definition) is 8. The molecule has 182 valence electrons. The van der Waals surface area contributed by atoms with Gasteiger partial charge in [-0.3, -0.25) is 19.6 Å². The third-order valence-corrected chi connectivity index (χ3v) is 6.15. The average Bonchev–Trinajstić information content (AvgIpc) is 2.83. The van der Waals surface area contributed by atoms with Gasteiger partial charge in [0.1, 0.15) is 5.75 Å². The van der Waals surface area contributed by atoms with Gasteiger partial charge >= 0.3 is 5.97 Å². The number of carbonyl (C=O) groups excluding carboxylic acids is 2. The Bertz CT molecular complexity index is 1380. The Morgan fingerprint density at radius 3 is 2.37 bits per heavy atom. The molecule has 3 aromatic carbocycles. The van der Waals surface area contributed by atoms with Crippen LogP contribution >= 0.6 is 11.6 Å². The lowest BCUT2D eigenvalue weighted by molar-refractivity contribution is -0.384. The van der Waals surface area contributed by atoms with E-state index in [4.69, 9.17) is 21.1 Å². The highest BCUT2D eigenvalue weighted by Gasteiger charge is 2.20. The van der Waals surface area contributed by atoms with Crippen molar-refractivity contribution in [2.24, 2.45) is 0 Å². The van der Waals surface area contributed by atoms with Gasteiger partial charge in [0.15, 0.2) is 6.61 Å². The van der Waals surface area contributed by atoms with Crippen LogP contribution in [0.15, 0.2) is 71.6 Å². The second-order valence-electron chi connectivity index (χ2n) is 6.87. The highest BCUT2D eigenvalue weighted by atomic mass is 35.5. The van der Waals surface area contributed by atoms with Gasteiger partial charge in [0, 0.05) is 11.1 Å². The van der Waals surface area contributed by atoms with Gasteiger partial charge in [-0.25, -0.2) is 13.2 Å². The fourth-order valence-corrected chi connectivity index (χ4v) is 4.07. The maximum atomic E-state index is 12.7. The van der Waals surface area contributed by atoms with Gasteiger partial charge in [0.25, 0.3) is 21.6 Å². The van der Waals surface area contributed by atoms with E-state index in [1.807, 2.05) is 0 Å². The number of amides is 1. The molecule has 3 rings (SSSR count). The highest BCUT2D eigenvalue weighted by Crippen LogP contribution is 2.29. The molecule has 13 heteroatoms. The molecule has 0 saturated heterocycles. The minimum absolute atomic E-state index is 0.0424. The van der Waals surface area contributed by atoms with Crippen LogP contribution < -0.4 is 14.8 Å². The molecule has 0 atom stereocenters. The number of sulfonamides is 1. The maximum absolute atomic E-state index is 12.7. The molecular weight excluding hydrogens is 502 g/mol. The lowest BCUT2D eigenvalue weighted by atomic mass is 10.2. The van der Waals surface area contributed by atoms with Gasteiger partial charge in [0.05, 0.1) is 39.9 Å². The molecule has 2 N–H and O–H groups in total. The van der Waals surface area contributed by atoms with Gasteiger partial charge in [-0.05, 0) is 42.5 Å². The highest BCUT2D eigenvalue weighted by molar-refractivity contribution is 7.92. The molecule has 0 aromatic heterocycles. The zero-order valence-corrected chi connectivity index (χ0v) is 19.6. The van der Waals surface area contributed by atoms with Gasteiger partial charge in [0.2, 0.25) is 0 Å². The number of methoxy groups -OCH3 is 1. The largest absolute Gasteiger partial charge is 0.494 e. The first-order valence-electron chi connectivity index (χ1n) is 9.77. The summed E-state index contributed by atoms with van der Waals surface area (Å²) < 4.78 is 37.7. The van der Waals surface area contributed by atoms with E-state index in [1.165, 1.54) is 67.8 Å². The quantitative estimate of drug-likeness (QED) is 0.245. The summed E-state index contributed by atoms with van der Waals surface area (Å²) in [6.07, 6.45) is 0. The third-order valence-electron chi connectivity index (χ3n) is 4.52. The van der Waals surface area contributed by atoms with E-state index in [-0.39, 0.29) is 33.3 Å². The van der Waals surface area contributed by atoms with Crippen LogP contribution in [0.5, 0.6) is 5.75 Å². The Kier molecular flexibility index (Phi) is 7.89. The van der Waals surface area contributed by atoms with Crippen LogP contribution in [-0.4, -0.2) is 38.9 Å². The molecule has 11 nitrogen and oxygen atoms in total. The third kappa shape index (κ3) is 6.46. The van der Waals surface area contributed by atoms with Crippen molar-refractivity contribution in [2.45, 2.75) is 4.90 Å². The number of non-ortho nitro benzene ring substituents is 1. The van der Waals surface area contributed by atoms with Gasteiger partial charge in [-0.2, -0.15) is 0 Å². The SMILES string of the molecule is COc1cc([N+](=O)[O-])ccc1NC(=O)COC(=O)c1ccccc1NS(=O)(=O)c1ccc(Cl)cc1. The van der Waals surface area contributed by atoms with Gasteiger partial charge in [-0.1, -0.05) is 23.7 Å². The van der Waals surface area contributed by atoms with Crippen molar-refractivity contribution in [1.82, 2.24) is 0 Å². The van der Waals surface area contributed by atoms with Crippen LogP contribution in [0.3, 0.4) is 0 Å². The number of carbonyl (C=O) groups is 2. The minimum Gasteiger partial charge on any atom is -0.494 e. The molecule has 0 unspecified atom stereocenters. The number of rotatable bonds is 9. The number of ether oxygens (including phenoxy) is 2. The predicted molar refractivity (Wildman–Crippen MR) is 127 cm³/mol. The molecule has 0 aliphatic carbocycles. The topological polar surface area (TPSA) is 154 Å². The fourth-order valence-electron chi connectivity index (χ4n) is 2.86. The van der Waals surface area contributed by atoms with Crippen molar-refractivity contribution < 1.29 is 32.4 Å². The first kappa shape index (κ1) is 25.5.